The second-order valence-corrected chi connectivity index (χ2v) is 2.84. The summed E-state index contributed by atoms with van der Waals surface area (Å²) in [6.07, 6.45) is 5.92. The highest BCUT2D eigenvalue weighted by atomic mass is 14.0. The number of hydrogen-bond donors (Lipinski definition) is 0. The summed E-state index contributed by atoms with van der Waals surface area (Å²) < 4.78 is 0. The zero-order valence-electron chi connectivity index (χ0n) is 7.48. The molecule has 60 valence electrons. The zero-order chi connectivity index (χ0) is 7.98. The molecular formula is C10H19-. The molecule has 0 N–H and O–H groups in total. The molecule has 0 rings (SSSR count). The molecule has 0 aliphatic carbocycles. The number of hydrogen-bond acceptors (Lipinski definition) is 0. The van der Waals surface area contributed by atoms with Crippen LogP contribution in [0.5, 0.6) is 0 Å². The second-order valence-electron chi connectivity index (χ2n) is 2.84. The van der Waals surface area contributed by atoms with Crippen molar-refractivity contribution in [2.45, 2.75) is 40.0 Å². The highest BCUT2D eigenvalue weighted by Crippen LogP contribution is 2.15. The van der Waals surface area contributed by atoms with E-state index in [-0.39, 0.29) is 0 Å². The Morgan fingerprint density at radius 3 is 2.40 bits per heavy atom. The first-order chi connectivity index (χ1) is 4.72. The second kappa shape index (κ2) is 5.52. The van der Waals surface area contributed by atoms with Crippen molar-refractivity contribution < 1.29 is 0 Å². The lowest BCUT2D eigenvalue weighted by molar-refractivity contribution is 0.750. The first kappa shape index (κ1) is 9.74. The molecule has 0 radical (unpaired) electrons. The summed E-state index contributed by atoms with van der Waals surface area (Å²) in [5, 5.41) is 0. The van der Waals surface area contributed by atoms with Crippen molar-refractivity contribution in [3.8, 4) is 0 Å². The predicted octanol–water partition coefficient (Wildman–Crippen LogP) is 3.59. The van der Waals surface area contributed by atoms with Crippen LogP contribution in [-0.4, -0.2) is 0 Å². The van der Waals surface area contributed by atoms with E-state index in [1.54, 1.807) is 0 Å². The van der Waals surface area contributed by atoms with Crippen LogP contribution in [0.1, 0.15) is 40.0 Å². The summed E-state index contributed by atoms with van der Waals surface area (Å²) in [6.45, 7) is 10.6. The van der Waals surface area contributed by atoms with Gasteiger partial charge in [0.05, 0.1) is 0 Å². The Morgan fingerprint density at radius 1 is 1.50 bits per heavy atom. The van der Waals surface area contributed by atoms with Crippen molar-refractivity contribution in [3.63, 3.8) is 0 Å². The fourth-order valence-corrected chi connectivity index (χ4v) is 1.10. The minimum atomic E-state index is 0.500. The Kier molecular flexibility index (Phi) is 5.38. The van der Waals surface area contributed by atoms with Crippen molar-refractivity contribution in [1.82, 2.24) is 0 Å². The van der Waals surface area contributed by atoms with E-state index in [1.807, 2.05) is 0 Å². The van der Waals surface area contributed by atoms with Gasteiger partial charge >= 0.3 is 0 Å². The summed E-state index contributed by atoms with van der Waals surface area (Å²) in [7, 11) is 0. The van der Waals surface area contributed by atoms with Crippen molar-refractivity contribution in [2.24, 2.45) is 5.92 Å². The minimum absolute atomic E-state index is 0.500. The van der Waals surface area contributed by atoms with E-state index in [4.69, 9.17) is 0 Å². The molecule has 1 atom stereocenters. The molecule has 0 aromatic carbocycles. The van der Waals surface area contributed by atoms with E-state index in [0.717, 1.165) is 6.42 Å². The van der Waals surface area contributed by atoms with Gasteiger partial charge in [-0.15, -0.1) is 5.57 Å². The molecular weight excluding hydrogens is 120 g/mol. The topological polar surface area (TPSA) is 0 Å². The average Bonchev–Trinajstić information content (AvgIpc) is 1.87. The van der Waals surface area contributed by atoms with Crippen LogP contribution in [0.25, 0.3) is 0 Å². The number of rotatable bonds is 4. The van der Waals surface area contributed by atoms with Crippen LogP contribution in [0.2, 0.25) is 0 Å². The molecule has 0 fully saturated rings. The first-order valence-electron chi connectivity index (χ1n) is 4.24. The molecule has 0 amide bonds. The van der Waals surface area contributed by atoms with E-state index >= 15 is 0 Å². The van der Waals surface area contributed by atoms with Gasteiger partial charge in [0, 0.05) is 0 Å². The largest absolute Gasteiger partial charge is 0.337 e. The quantitative estimate of drug-likeness (QED) is 0.412. The number of allylic oxidation sites excluding steroid dienone is 2. The molecule has 0 aromatic rings. The monoisotopic (exact) mass is 139 g/mol. The Labute approximate surface area is 65.3 Å². The molecule has 0 heterocycles. The summed E-state index contributed by atoms with van der Waals surface area (Å²) >= 11 is 0. The van der Waals surface area contributed by atoms with Gasteiger partial charge in [0.25, 0.3) is 0 Å². The lowest BCUT2D eigenvalue weighted by Gasteiger charge is -2.15. The van der Waals surface area contributed by atoms with Gasteiger partial charge in [-0.3, -0.25) is 0 Å². The molecule has 0 saturated carbocycles. The van der Waals surface area contributed by atoms with E-state index in [9.17, 15) is 0 Å². The van der Waals surface area contributed by atoms with Crippen molar-refractivity contribution in [1.29, 1.82) is 0 Å². The first-order valence-corrected chi connectivity index (χ1v) is 4.24. The van der Waals surface area contributed by atoms with E-state index in [2.05, 4.69) is 33.8 Å². The van der Waals surface area contributed by atoms with Gasteiger partial charge in [-0.25, -0.2) is 0 Å². The highest BCUT2D eigenvalue weighted by Gasteiger charge is 1.93. The van der Waals surface area contributed by atoms with Crippen LogP contribution < -0.4 is 0 Å². The molecule has 0 spiro atoms. The maximum Gasteiger partial charge on any atom is -0.0346 e. The fraction of sp³-hybridized carbons (Fsp3) is 0.700. The van der Waals surface area contributed by atoms with Crippen LogP contribution in [0.3, 0.4) is 0 Å². The third kappa shape index (κ3) is 3.71. The maximum absolute atomic E-state index is 4.01. The third-order valence-electron chi connectivity index (χ3n) is 1.64. The van der Waals surface area contributed by atoms with Gasteiger partial charge < -0.3 is 6.92 Å². The molecule has 1 unspecified atom stereocenters. The van der Waals surface area contributed by atoms with Crippen molar-refractivity contribution >= 4 is 0 Å². The van der Waals surface area contributed by atoms with Crippen LogP contribution >= 0.6 is 0 Å². The van der Waals surface area contributed by atoms with E-state index in [1.165, 1.54) is 18.4 Å². The average molecular weight is 139 g/mol. The van der Waals surface area contributed by atoms with Gasteiger partial charge in [0.2, 0.25) is 0 Å². The molecule has 0 heteroatoms. The Balaban J connectivity index is 3.85. The van der Waals surface area contributed by atoms with Crippen molar-refractivity contribution in [3.05, 3.63) is 18.6 Å². The normalized spacial score (nSPS) is 15.4. The summed E-state index contributed by atoms with van der Waals surface area (Å²) in [5.41, 5.74) is 1.52. The van der Waals surface area contributed by atoms with E-state index in [0.29, 0.717) is 5.92 Å². The van der Waals surface area contributed by atoms with Crippen molar-refractivity contribution in [2.75, 3.05) is 0 Å². The summed E-state index contributed by atoms with van der Waals surface area (Å²) in [6, 6.07) is 0. The van der Waals surface area contributed by atoms with Crippen LogP contribution in [0.4, 0.5) is 0 Å². The minimum Gasteiger partial charge on any atom is -0.337 e. The van der Waals surface area contributed by atoms with Gasteiger partial charge in [-0.1, -0.05) is 33.3 Å². The Hall–Kier alpha value is -0.260. The summed E-state index contributed by atoms with van der Waals surface area (Å²) in [4.78, 5) is 0. The van der Waals surface area contributed by atoms with Gasteiger partial charge in [0.1, 0.15) is 0 Å². The molecule has 0 aliphatic heterocycles. The molecule has 0 aliphatic rings. The lowest BCUT2D eigenvalue weighted by atomic mass is 9.98. The SMILES string of the molecule is [CH2-]C(C)C(=CCC)CCC. The van der Waals surface area contributed by atoms with Gasteiger partial charge in [-0.05, 0) is 12.8 Å². The van der Waals surface area contributed by atoms with E-state index < -0.39 is 0 Å². The smallest absolute Gasteiger partial charge is 0.0346 e. The van der Waals surface area contributed by atoms with Gasteiger partial charge in [0.15, 0.2) is 0 Å². The van der Waals surface area contributed by atoms with Crippen LogP contribution in [-0.2, 0) is 0 Å². The third-order valence-corrected chi connectivity index (χ3v) is 1.64. The van der Waals surface area contributed by atoms with Crippen LogP contribution in [0, 0.1) is 12.8 Å². The Bertz CT molecular complexity index is 98.6. The fourth-order valence-electron chi connectivity index (χ4n) is 1.10. The molecule has 0 bridgehead atoms. The molecule has 0 saturated heterocycles. The highest BCUT2D eigenvalue weighted by molar-refractivity contribution is 5.06. The molecule has 0 aromatic heterocycles. The predicted molar refractivity (Wildman–Crippen MR) is 47.8 cm³/mol. The zero-order valence-corrected chi connectivity index (χ0v) is 7.48. The maximum atomic E-state index is 4.01. The summed E-state index contributed by atoms with van der Waals surface area (Å²) in [5.74, 6) is 0.500. The standard InChI is InChI=1S/C10H19/c1-5-7-10(8-6-2)9(3)4/h7,9H,3,5-6,8H2,1-2,4H3/q-1. The van der Waals surface area contributed by atoms with Crippen LogP contribution in [0.15, 0.2) is 11.6 Å². The molecule has 0 nitrogen and oxygen atoms in total. The lowest BCUT2D eigenvalue weighted by Crippen LogP contribution is -1.93. The molecule has 10 heavy (non-hydrogen) atoms. The Morgan fingerprint density at radius 2 is 2.10 bits per heavy atom. The van der Waals surface area contributed by atoms with Gasteiger partial charge in [-0.2, -0.15) is 5.92 Å².